The summed E-state index contributed by atoms with van der Waals surface area (Å²) >= 11 is 0. The first kappa shape index (κ1) is 18.2. The molecule has 1 heterocycles. The third-order valence-corrected chi connectivity index (χ3v) is 3.69. The van der Waals surface area contributed by atoms with E-state index >= 15 is 0 Å². The predicted molar refractivity (Wildman–Crippen MR) is 89.8 cm³/mol. The second kappa shape index (κ2) is 8.64. The lowest BCUT2D eigenvalue weighted by Crippen LogP contribution is -2.39. The molecule has 0 bridgehead atoms. The minimum Gasteiger partial charge on any atom is -0.404 e. The van der Waals surface area contributed by atoms with Crippen LogP contribution in [0.3, 0.4) is 0 Å². The fraction of sp³-hybridized carbons (Fsp3) is 0.412. The Labute approximate surface area is 140 Å². The minimum atomic E-state index is -0.852. The first-order valence-electron chi connectivity index (χ1n) is 7.67. The number of hydrogen-bond donors (Lipinski definition) is 3. The molecule has 1 aromatic carbocycles. The smallest absolute Gasteiger partial charge is 0.164 e. The highest BCUT2D eigenvalue weighted by Crippen LogP contribution is 2.17. The van der Waals surface area contributed by atoms with Gasteiger partial charge in [-0.05, 0) is 25.6 Å². The van der Waals surface area contributed by atoms with Gasteiger partial charge in [0.2, 0.25) is 0 Å². The fourth-order valence-electron chi connectivity index (χ4n) is 2.29. The van der Waals surface area contributed by atoms with Gasteiger partial charge in [-0.3, -0.25) is 10.2 Å². The van der Waals surface area contributed by atoms with Crippen LogP contribution in [0, 0.1) is 23.5 Å². The minimum absolute atomic E-state index is 0.140. The van der Waals surface area contributed by atoms with Gasteiger partial charge in [0.1, 0.15) is 5.82 Å². The van der Waals surface area contributed by atoms with E-state index in [1.807, 2.05) is 11.9 Å². The lowest BCUT2D eigenvalue weighted by molar-refractivity contribution is 0.186. The summed E-state index contributed by atoms with van der Waals surface area (Å²) in [6.07, 6.45) is 2.32. The molecule has 0 radical (unpaired) electrons. The average molecular weight is 336 g/mol. The van der Waals surface area contributed by atoms with Crippen molar-refractivity contribution in [2.75, 3.05) is 39.2 Å². The number of nitrogens with one attached hydrogen (secondary N) is 1. The average Bonchev–Trinajstić information content (AvgIpc) is 3.09. The Kier molecular flexibility index (Phi) is 6.55. The largest absolute Gasteiger partial charge is 0.404 e. The van der Waals surface area contributed by atoms with Crippen molar-refractivity contribution in [3.05, 3.63) is 41.1 Å². The zero-order valence-electron chi connectivity index (χ0n) is 13.6. The van der Waals surface area contributed by atoms with Crippen molar-refractivity contribution >= 4 is 5.69 Å². The van der Waals surface area contributed by atoms with Crippen LogP contribution >= 0.6 is 0 Å². The Morgan fingerprint density at radius 2 is 2.29 bits per heavy atom. The topological polar surface area (TPSA) is 76.5 Å². The van der Waals surface area contributed by atoms with E-state index in [9.17, 15) is 8.78 Å². The van der Waals surface area contributed by atoms with E-state index in [0.717, 1.165) is 19.1 Å². The number of rotatable bonds is 5. The highest BCUT2D eigenvalue weighted by molar-refractivity contribution is 5.51. The number of nitrogen functional groups attached to an aromatic ring is 1. The zero-order chi connectivity index (χ0) is 17.5. The van der Waals surface area contributed by atoms with E-state index in [2.05, 4.69) is 17.2 Å². The first-order valence-corrected chi connectivity index (χ1v) is 7.67. The number of ether oxygens (including phenoxy) is 1. The number of nitrogens with two attached hydrogens (primary N) is 2. The summed E-state index contributed by atoms with van der Waals surface area (Å²) in [4.78, 5) is 1.97. The van der Waals surface area contributed by atoms with Crippen LogP contribution in [0.2, 0.25) is 0 Å². The summed E-state index contributed by atoms with van der Waals surface area (Å²) in [5, 5.41) is 3.36. The molecule has 5 nitrogen and oxygen atoms in total. The van der Waals surface area contributed by atoms with Crippen LogP contribution in [-0.4, -0.2) is 44.4 Å². The molecule has 2 rings (SSSR count). The molecule has 1 aromatic rings. The van der Waals surface area contributed by atoms with Crippen molar-refractivity contribution in [3.63, 3.8) is 0 Å². The number of hydrogen-bond acceptors (Lipinski definition) is 5. The molecule has 1 fully saturated rings. The van der Waals surface area contributed by atoms with E-state index in [0.29, 0.717) is 31.4 Å². The molecular weight excluding hydrogens is 314 g/mol. The van der Waals surface area contributed by atoms with Gasteiger partial charge in [0.15, 0.2) is 5.82 Å². The maximum atomic E-state index is 13.8. The SMILES string of the molecule is CN(CNC1CCOC1)C/C(C#Cc1c(F)ccc(N)c1F)=C\N. The third-order valence-electron chi connectivity index (χ3n) is 3.69. The number of benzene rings is 1. The monoisotopic (exact) mass is 336 g/mol. The van der Waals surface area contributed by atoms with Crippen molar-refractivity contribution < 1.29 is 13.5 Å². The van der Waals surface area contributed by atoms with Crippen molar-refractivity contribution in [2.45, 2.75) is 12.5 Å². The number of nitrogens with zero attached hydrogens (tertiary/aromatic N) is 1. The second-order valence-electron chi connectivity index (χ2n) is 5.70. The lowest BCUT2D eigenvalue weighted by atomic mass is 10.1. The van der Waals surface area contributed by atoms with Crippen LogP contribution in [-0.2, 0) is 4.74 Å². The van der Waals surface area contributed by atoms with Crippen LogP contribution in [0.4, 0.5) is 14.5 Å². The molecule has 7 heteroatoms. The van der Waals surface area contributed by atoms with E-state index in [1.54, 1.807) is 0 Å². The van der Waals surface area contributed by atoms with Crippen LogP contribution in [0.25, 0.3) is 0 Å². The van der Waals surface area contributed by atoms with Crippen molar-refractivity contribution in [3.8, 4) is 11.8 Å². The fourth-order valence-corrected chi connectivity index (χ4v) is 2.29. The molecule has 130 valence electrons. The highest BCUT2D eigenvalue weighted by atomic mass is 19.1. The van der Waals surface area contributed by atoms with Crippen molar-refractivity contribution in [1.82, 2.24) is 10.2 Å². The van der Waals surface area contributed by atoms with E-state index in [1.165, 1.54) is 12.3 Å². The Hall–Kier alpha value is -2.14. The summed E-state index contributed by atoms with van der Waals surface area (Å²) in [6.45, 7) is 2.57. The summed E-state index contributed by atoms with van der Waals surface area (Å²) < 4.78 is 32.8. The maximum absolute atomic E-state index is 13.8. The molecule has 0 aromatic heterocycles. The standard InChI is InChI=1S/C17H22F2N4O/c1-23(11-22-13-6-7-24-10-13)9-12(8-20)2-3-14-15(18)4-5-16(21)17(14)19/h4-5,8,13,22H,6-7,9-11,20-21H2,1H3/b12-8-. The molecule has 5 N–H and O–H groups in total. The van der Waals surface area contributed by atoms with Crippen LogP contribution in [0.15, 0.2) is 23.9 Å². The third kappa shape index (κ3) is 4.93. The van der Waals surface area contributed by atoms with Gasteiger partial charge in [-0.25, -0.2) is 8.78 Å². The Balaban J connectivity index is 1.96. The van der Waals surface area contributed by atoms with Crippen molar-refractivity contribution in [2.24, 2.45) is 5.73 Å². The molecule has 0 saturated carbocycles. The predicted octanol–water partition coefficient (Wildman–Crippen LogP) is 1.01. The van der Waals surface area contributed by atoms with Gasteiger partial charge >= 0.3 is 0 Å². The van der Waals surface area contributed by atoms with Gasteiger partial charge in [0.25, 0.3) is 0 Å². The van der Waals surface area contributed by atoms with E-state index in [-0.39, 0.29) is 11.3 Å². The number of anilines is 1. The molecule has 0 spiro atoms. The molecule has 24 heavy (non-hydrogen) atoms. The summed E-state index contributed by atoms with van der Waals surface area (Å²) in [6, 6.07) is 2.61. The van der Waals surface area contributed by atoms with Crippen molar-refractivity contribution in [1.29, 1.82) is 0 Å². The Morgan fingerprint density at radius 1 is 1.50 bits per heavy atom. The molecule has 0 aliphatic carbocycles. The van der Waals surface area contributed by atoms with Crippen LogP contribution < -0.4 is 16.8 Å². The number of halogens is 2. The molecule has 1 aliphatic heterocycles. The highest BCUT2D eigenvalue weighted by Gasteiger charge is 2.15. The van der Waals surface area contributed by atoms with Crippen LogP contribution in [0.1, 0.15) is 12.0 Å². The Morgan fingerprint density at radius 3 is 2.96 bits per heavy atom. The molecule has 1 atom stereocenters. The first-order chi connectivity index (χ1) is 11.5. The summed E-state index contributed by atoms with van der Waals surface area (Å²) in [7, 11) is 1.90. The van der Waals surface area contributed by atoms with Gasteiger partial charge in [0, 0.05) is 37.6 Å². The van der Waals surface area contributed by atoms with Gasteiger partial charge in [0.05, 0.1) is 17.9 Å². The number of likely N-dealkylation sites (N-methyl/N-ethyl adjacent to an activating group) is 1. The van der Waals surface area contributed by atoms with E-state index in [4.69, 9.17) is 16.2 Å². The van der Waals surface area contributed by atoms with Gasteiger partial charge in [-0.1, -0.05) is 11.8 Å². The molecular formula is C17H22F2N4O. The molecule has 1 unspecified atom stereocenters. The summed E-state index contributed by atoms with van der Waals surface area (Å²) in [5.41, 5.74) is 11.1. The summed E-state index contributed by atoms with van der Waals surface area (Å²) in [5.74, 6) is 3.59. The van der Waals surface area contributed by atoms with Crippen LogP contribution in [0.5, 0.6) is 0 Å². The zero-order valence-corrected chi connectivity index (χ0v) is 13.6. The lowest BCUT2D eigenvalue weighted by Gasteiger charge is -2.19. The second-order valence-corrected chi connectivity index (χ2v) is 5.70. The van der Waals surface area contributed by atoms with Gasteiger partial charge in [-0.2, -0.15) is 0 Å². The van der Waals surface area contributed by atoms with Gasteiger partial charge < -0.3 is 16.2 Å². The quantitative estimate of drug-likeness (QED) is 0.425. The normalized spacial score (nSPS) is 17.8. The molecule has 1 aliphatic rings. The van der Waals surface area contributed by atoms with E-state index < -0.39 is 11.6 Å². The Bertz CT molecular complexity index is 661. The molecule has 0 amide bonds. The molecule has 1 saturated heterocycles. The maximum Gasteiger partial charge on any atom is 0.164 e. The van der Waals surface area contributed by atoms with Gasteiger partial charge in [-0.15, -0.1) is 0 Å².